The summed E-state index contributed by atoms with van der Waals surface area (Å²) in [4.78, 5) is 12.6. The minimum absolute atomic E-state index is 0. The molecule has 3 rings (SSSR count). The highest BCUT2D eigenvalue weighted by Crippen LogP contribution is 2.38. The average Bonchev–Trinajstić information content (AvgIpc) is 2.97. The van der Waals surface area contributed by atoms with Crippen molar-refractivity contribution in [2.75, 3.05) is 11.9 Å². The van der Waals surface area contributed by atoms with Crippen LogP contribution in [0.4, 0.5) is 5.82 Å². The van der Waals surface area contributed by atoms with E-state index in [9.17, 15) is 4.79 Å². The molecule has 2 aliphatic carbocycles. The van der Waals surface area contributed by atoms with E-state index < -0.39 is 0 Å². The molecule has 1 amide bonds. The lowest BCUT2D eigenvalue weighted by Gasteiger charge is -2.35. The van der Waals surface area contributed by atoms with Crippen LogP contribution < -0.4 is 11.1 Å². The van der Waals surface area contributed by atoms with E-state index in [0.29, 0.717) is 18.9 Å². The third kappa shape index (κ3) is 4.98. The van der Waals surface area contributed by atoms with E-state index in [0.717, 1.165) is 24.4 Å². The number of hydrogen-bond donors (Lipinski definition) is 2. The summed E-state index contributed by atoms with van der Waals surface area (Å²) in [6.45, 7) is 0.610. The smallest absolute Gasteiger partial charge is 0.226 e. The number of nitrogens with two attached hydrogens (primary N) is 1. The number of carbonyl (C=O) groups excluding carboxylic acids is 1. The highest BCUT2D eigenvalue weighted by atomic mass is 35.5. The van der Waals surface area contributed by atoms with Crippen LogP contribution >= 0.6 is 12.4 Å². The molecule has 2 fully saturated rings. The molecule has 5 nitrogen and oxygen atoms in total. The number of amides is 1. The number of nitrogens with one attached hydrogen (secondary N) is 1. The van der Waals surface area contributed by atoms with Crippen molar-refractivity contribution in [1.82, 2.24) is 9.78 Å². The lowest BCUT2D eigenvalue weighted by molar-refractivity contribution is -0.118. The molecule has 1 aromatic heterocycles. The maximum Gasteiger partial charge on any atom is 0.226 e. The summed E-state index contributed by atoms with van der Waals surface area (Å²) in [6.07, 6.45) is 12.7. The SMILES string of the molecule is Cl.Cn1nc(C2CCCCC2)cc1NC(=O)CC1(CN)CCCCC1. The van der Waals surface area contributed by atoms with Crippen LogP contribution in [-0.4, -0.2) is 22.2 Å². The molecule has 0 radical (unpaired) electrons. The van der Waals surface area contributed by atoms with E-state index in [1.807, 2.05) is 11.7 Å². The van der Waals surface area contributed by atoms with Crippen LogP contribution in [-0.2, 0) is 11.8 Å². The summed E-state index contributed by atoms with van der Waals surface area (Å²) in [5.74, 6) is 1.47. The summed E-state index contributed by atoms with van der Waals surface area (Å²) in [5, 5.41) is 7.73. The van der Waals surface area contributed by atoms with Gasteiger partial charge in [-0.2, -0.15) is 5.10 Å². The fraction of sp³-hybridized carbons (Fsp3) is 0.789. The van der Waals surface area contributed by atoms with Crippen molar-refractivity contribution in [3.05, 3.63) is 11.8 Å². The molecule has 6 heteroatoms. The van der Waals surface area contributed by atoms with Gasteiger partial charge in [0, 0.05) is 25.5 Å². The van der Waals surface area contributed by atoms with Crippen LogP contribution in [0.2, 0.25) is 0 Å². The number of halogens is 1. The Bertz CT molecular complexity index is 560. The average molecular weight is 369 g/mol. The summed E-state index contributed by atoms with van der Waals surface area (Å²) in [5.41, 5.74) is 7.16. The third-order valence-electron chi connectivity index (χ3n) is 6.07. The van der Waals surface area contributed by atoms with Crippen molar-refractivity contribution < 1.29 is 4.79 Å². The summed E-state index contributed by atoms with van der Waals surface area (Å²) >= 11 is 0. The topological polar surface area (TPSA) is 72.9 Å². The first-order valence-corrected chi connectivity index (χ1v) is 9.66. The summed E-state index contributed by atoms with van der Waals surface area (Å²) in [7, 11) is 1.92. The third-order valence-corrected chi connectivity index (χ3v) is 6.07. The summed E-state index contributed by atoms with van der Waals surface area (Å²) in [6, 6.07) is 2.07. The molecule has 0 bridgehead atoms. The van der Waals surface area contributed by atoms with Crippen LogP contribution in [0.5, 0.6) is 0 Å². The normalized spacial score (nSPS) is 20.7. The molecule has 0 aromatic carbocycles. The molecule has 0 aliphatic heterocycles. The first kappa shape index (κ1) is 20.2. The van der Waals surface area contributed by atoms with Gasteiger partial charge in [-0.05, 0) is 37.6 Å². The van der Waals surface area contributed by atoms with Crippen molar-refractivity contribution in [3.63, 3.8) is 0 Å². The number of rotatable bonds is 5. The first-order valence-electron chi connectivity index (χ1n) is 9.66. The number of hydrogen-bond acceptors (Lipinski definition) is 3. The van der Waals surface area contributed by atoms with Crippen LogP contribution in [0.25, 0.3) is 0 Å². The molecule has 0 saturated heterocycles. The Labute approximate surface area is 157 Å². The second-order valence-electron chi connectivity index (χ2n) is 7.90. The Morgan fingerprint density at radius 1 is 1.24 bits per heavy atom. The molecule has 142 valence electrons. The van der Waals surface area contributed by atoms with Gasteiger partial charge in [0.15, 0.2) is 0 Å². The molecule has 0 spiro atoms. The van der Waals surface area contributed by atoms with E-state index in [1.54, 1.807) is 0 Å². The maximum atomic E-state index is 12.6. The first-order chi connectivity index (χ1) is 11.6. The lowest BCUT2D eigenvalue weighted by atomic mass is 9.71. The largest absolute Gasteiger partial charge is 0.330 e. The van der Waals surface area contributed by atoms with Crippen LogP contribution in [0, 0.1) is 5.41 Å². The van der Waals surface area contributed by atoms with Gasteiger partial charge in [0.2, 0.25) is 5.91 Å². The van der Waals surface area contributed by atoms with Gasteiger partial charge >= 0.3 is 0 Å². The predicted octanol–water partition coefficient (Wildman–Crippen LogP) is 4.13. The van der Waals surface area contributed by atoms with Gasteiger partial charge in [0.05, 0.1) is 5.69 Å². The van der Waals surface area contributed by atoms with E-state index in [1.165, 1.54) is 51.4 Å². The van der Waals surface area contributed by atoms with Crippen molar-refractivity contribution >= 4 is 24.1 Å². The van der Waals surface area contributed by atoms with Crippen LogP contribution in [0.3, 0.4) is 0 Å². The Balaban J connectivity index is 0.00000225. The zero-order valence-electron chi connectivity index (χ0n) is 15.4. The minimum Gasteiger partial charge on any atom is -0.330 e. The van der Waals surface area contributed by atoms with Crippen molar-refractivity contribution in [2.45, 2.75) is 76.5 Å². The molecular weight excluding hydrogens is 336 g/mol. The fourth-order valence-corrected chi connectivity index (χ4v) is 4.49. The van der Waals surface area contributed by atoms with E-state index in [-0.39, 0.29) is 23.7 Å². The molecule has 2 saturated carbocycles. The van der Waals surface area contributed by atoms with Gasteiger partial charge in [0.1, 0.15) is 5.82 Å². The Morgan fingerprint density at radius 2 is 1.88 bits per heavy atom. The molecule has 1 aromatic rings. The van der Waals surface area contributed by atoms with Gasteiger partial charge in [-0.25, -0.2) is 0 Å². The van der Waals surface area contributed by atoms with Gasteiger partial charge in [-0.15, -0.1) is 12.4 Å². The predicted molar refractivity (Wildman–Crippen MR) is 104 cm³/mol. The zero-order chi connectivity index (χ0) is 17.0. The second kappa shape index (κ2) is 9.04. The number of aryl methyl sites for hydroxylation is 1. The number of anilines is 1. The van der Waals surface area contributed by atoms with E-state index in [2.05, 4.69) is 16.5 Å². The van der Waals surface area contributed by atoms with Gasteiger partial charge < -0.3 is 11.1 Å². The molecule has 25 heavy (non-hydrogen) atoms. The number of nitrogens with zero attached hydrogens (tertiary/aromatic N) is 2. The standard InChI is InChI=1S/C19H32N4O.ClH/c1-23-17(12-16(22-23)15-8-4-2-5-9-15)21-18(24)13-19(14-20)10-6-3-7-11-19;/h12,15H,2-11,13-14,20H2,1H3,(H,21,24);1H. The molecular formula is C19H33ClN4O. The van der Waals surface area contributed by atoms with Gasteiger partial charge in [0.25, 0.3) is 0 Å². The molecule has 3 N–H and O–H groups in total. The van der Waals surface area contributed by atoms with Crippen LogP contribution in [0.1, 0.15) is 82.2 Å². The Hall–Kier alpha value is -1.07. The fourth-order valence-electron chi connectivity index (χ4n) is 4.49. The van der Waals surface area contributed by atoms with Gasteiger partial charge in [-0.3, -0.25) is 9.48 Å². The summed E-state index contributed by atoms with van der Waals surface area (Å²) < 4.78 is 1.82. The quantitative estimate of drug-likeness (QED) is 0.820. The van der Waals surface area contributed by atoms with Crippen LogP contribution in [0.15, 0.2) is 6.07 Å². The van der Waals surface area contributed by atoms with Crippen molar-refractivity contribution in [3.8, 4) is 0 Å². The number of aromatic nitrogens is 2. The molecule has 1 heterocycles. The Morgan fingerprint density at radius 3 is 2.52 bits per heavy atom. The monoisotopic (exact) mass is 368 g/mol. The Kier molecular flexibility index (Phi) is 7.32. The molecule has 0 atom stereocenters. The molecule has 2 aliphatic rings. The van der Waals surface area contributed by atoms with E-state index in [4.69, 9.17) is 5.73 Å². The number of carbonyl (C=O) groups is 1. The van der Waals surface area contributed by atoms with E-state index >= 15 is 0 Å². The highest BCUT2D eigenvalue weighted by Gasteiger charge is 2.33. The zero-order valence-corrected chi connectivity index (χ0v) is 16.2. The molecule has 0 unspecified atom stereocenters. The highest BCUT2D eigenvalue weighted by molar-refractivity contribution is 5.90. The van der Waals surface area contributed by atoms with Crippen molar-refractivity contribution in [2.24, 2.45) is 18.2 Å². The maximum absolute atomic E-state index is 12.6. The van der Waals surface area contributed by atoms with Crippen molar-refractivity contribution in [1.29, 1.82) is 0 Å². The minimum atomic E-state index is 0. The second-order valence-corrected chi connectivity index (χ2v) is 7.90. The van der Waals surface area contributed by atoms with Gasteiger partial charge in [-0.1, -0.05) is 38.5 Å². The lowest BCUT2D eigenvalue weighted by Crippen LogP contribution is -2.36.